The second kappa shape index (κ2) is 6.39. The Bertz CT molecular complexity index is 458. The van der Waals surface area contributed by atoms with Gasteiger partial charge >= 0.3 is 0 Å². The Hall–Kier alpha value is -1.02. The topological polar surface area (TPSA) is 15.3 Å². The summed E-state index contributed by atoms with van der Waals surface area (Å²) in [5.41, 5.74) is 4.55. The van der Waals surface area contributed by atoms with Crippen LogP contribution in [0.4, 0.5) is 5.69 Å². The quantitative estimate of drug-likeness (QED) is 0.895. The van der Waals surface area contributed by atoms with Crippen LogP contribution in [0.15, 0.2) is 18.2 Å². The molecule has 2 unspecified atom stereocenters. The molecule has 2 heteroatoms. The van der Waals surface area contributed by atoms with Gasteiger partial charge in [0, 0.05) is 25.3 Å². The van der Waals surface area contributed by atoms with Crippen LogP contribution in [0.5, 0.6) is 0 Å². The molecule has 1 aromatic carbocycles. The number of hydrogen-bond acceptors (Lipinski definition) is 2. The van der Waals surface area contributed by atoms with Gasteiger partial charge in [0.1, 0.15) is 0 Å². The number of rotatable bonds is 4. The van der Waals surface area contributed by atoms with Gasteiger partial charge in [-0.25, -0.2) is 0 Å². The molecule has 0 heterocycles. The lowest BCUT2D eigenvalue weighted by molar-refractivity contribution is 0.146. The summed E-state index contributed by atoms with van der Waals surface area (Å²) >= 11 is 0. The molecule has 2 rings (SSSR count). The van der Waals surface area contributed by atoms with Crippen molar-refractivity contribution in [1.82, 2.24) is 5.32 Å². The van der Waals surface area contributed by atoms with E-state index in [1.165, 1.54) is 36.1 Å². The zero-order chi connectivity index (χ0) is 15.6. The Morgan fingerprint density at radius 2 is 1.81 bits per heavy atom. The third-order valence-electron chi connectivity index (χ3n) is 5.04. The summed E-state index contributed by atoms with van der Waals surface area (Å²) in [6, 6.07) is 7.51. The molecule has 0 amide bonds. The van der Waals surface area contributed by atoms with Crippen molar-refractivity contribution in [2.24, 2.45) is 11.3 Å². The molecule has 2 nitrogen and oxygen atoms in total. The minimum Gasteiger partial charge on any atom is -0.374 e. The van der Waals surface area contributed by atoms with Gasteiger partial charge in [0.15, 0.2) is 0 Å². The van der Waals surface area contributed by atoms with E-state index in [0.29, 0.717) is 11.5 Å². The molecule has 0 radical (unpaired) electrons. The molecule has 0 spiro atoms. The molecule has 1 N–H and O–H groups in total. The van der Waals surface area contributed by atoms with Gasteiger partial charge in [-0.05, 0) is 74.8 Å². The van der Waals surface area contributed by atoms with Crippen molar-refractivity contribution < 1.29 is 0 Å². The molecule has 1 saturated carbocycles. The number of nitrogens with zero attached hydrogens (tertiary/aromatic N) is 1. The predicted octanol–water partition coefficient (Wildman–Crippen LogP) is 4.15. The van der Waals surface area contributed by atoms with Crippen LogP contribution in [0.3, 0.4) is 0 Å². The van der Waals surface area contributed by atoms with Crippen LogP contribution in [-0.4, -0.2) is 26.7 Å². The van der Waals surface area contributed by atoms with E-state index in [-0.39, 0.29) is 0 Å². The maximum absolute atomic E-state index is 3.54. The molecule has 118 valence electrons. The summed E-state index contributed by atoms with van der Waals surface area (Å²) in [6.45, 7) is 10.3. The average Bonchev–Trinajstić information content (AvgIpc) is 2.37. The third kappa shape index (κ3) is 4.23. The van der Waals surface area contributed by atoms with Gasteiger partial charge in [-0.1, -0.05) is 19.9 Å². The fourth-order valence-corrected chi connectivity index (χ4v) is 3.94. The predicted molar refractivity (Wildman–Crippen MR) is 93.2 cm³/mol. The van der Waals surface area contributed by atoms with Crippen molar-refractivity contribution in [3.05, 3.63) is 29.3 Å². The largest absolute Gasteiger partial charge is 0.374 e. The highest BCUT2D eigenvalue weighted by molar-refractivity contribution is 5.50. The van der Waals surface area contributed by atoms with Gasteiger partial charge in [-0.3, -0.25) is 0 Å². The zero-order valence-corrected chi connectivity index (χ0v) is 14.7. The third-order valence-corrected chi connectivity index (χ3v) is 5.04. The molecular formula is C19H32N2. The second-order valence-electron chi connectivity index (χ2n) is 7.79. The summed E-state index contributed by atoms with van der Waals surface area (Å²) in [4.78, 5) is 2.44. The number of nitrogens with one attached hydrogen (secondary N) is 1. The van der Waals surface area contributed by atoms with Crippen LogP contribution in [0.2, 0.25) is 0 Å². The first-order valence-corrected chi connectivity index (χ1v) is 8.27. The molecule has 0 saturated heterocycles. The SMILES string of the molecule is CNC1CCC(C)(C)CC1CN(C)c1cc(C)cc(C)c1. The van der Waals surface area contributed by atoms with Gasteiger partial charge in [0.25, 0.3) is 0 Å². The molecular weight excluding hydrogens is 256 g/mol. The summed E-state index contributed by atoms with van der Waals surface area (Å²) in [5, 5.41) is 3.54. The molecule has 21 heavy (non-hydrogen) atoms. The fourth-order valence-electron chi connectivity index (χ4n) is 3.94. The van der Waals surface area contributed by atoms with Gasteiger partial charge in [-0.15, -0.1) is 0 Å². The van der Waals surface area contributed by atoms with E-state index in [9.17, 15) is 0 Å². The van der Waals surface area contributed by atoms with Crippen molar-refractivity contribution in [3.8, 4) is 0 Å². The van der Waals surface area contributed by atoms with Gasteiger partial charge < -0.3 is 10.2 Å². The minimum absolute atomic E-state index is 0.487. The summed E-state index contributed by atoms with van der Waals surface area (Å²) in [6.07, 6.45) is 3.95. The second-order valence-corrected chi connectivity index (χ2v) is 7.79. The molecule has 1 aliphatic carbocycles. The van der Waals surface area contributed by atoms with E-state index in [1.807, 2.05) is 0 Å². The van der Waals surface area contributed by atoms with Gasteiger partial charge in [-0.2, -0.15) is 0 Å². The Morgan fingerprint density at radius 1 is 1.19 bits per heavy atom. The molecule has 1 aliphatic rings. The fraction of sp³-hybridized carbons (Fsp3) is 0.684. The van der Waals surface area contributed by atoms with E-state index in [2.05, 4.69) is 70.2 Å². The number of aryl methyl sites for hydroxylation is 2. The first-order valence-electron chi connectivity index (χ1n) is 8.27. The van der Waals surface area contributed by atoms with Crippen LogP contribution < -0.4 is 10.2 Å². The van der Waals surface area contributed by atoms with Crippen molar-refractivity contribution in [2.45, 2.75) is 53.0 Å². The first-order chi connectivity index (χ1) is 9.80. The van der Waals surface area contributed by atoms with E-state index < -0.39 is 0 Å². The summed E-state index contributed by atoms with van der Waals surface area (Å²) < 4.78 is 0. The summed E-state index contributed by atoms with van der Waals surface area (Å²) in [5.74, 6) is 0.726. The van der Waals surface area contributed by atoms with Crippen molar-refractivity contribution in [2.75, 3.05) is 25.5 Å². The van der Waals surface area contributed by atoms with Crippen LogP contribution in [-0.2, 0) is 0 Å². The van der Waals surface area contributed by atoms with Crippen molar-refractivity contribution >= 4 is 5.69 Å². The standard InChI is InChI=1S/C19H32N2/c1-14-9-15(2)11-17(10-14)21(6)13-16-12-19(3,4)8-7-18(16)20-5/h9-11,16,18,20H,7-8,12-13H2,1-6H3. The lowest BCUT2D eigenvalue weighted by Crippen LogP contribution is -2.45. The molecule has 0 bridgehead atoms. The molecule has 1 fully saturated rings. The van der Waals surface area contributed by atoms with Crippen molar-refractivity contribution in [1.29, 1.82) is 0 Å². The first kappa shape index (κ1) is 16.4. The number of anilines is 1. The smallest absolute Gasteiger partial charge is 0.0369 e. The normalized spacial score (nSPS) is 24.9. The van der Waals surface area contributed by atoms with Crippen LogP contribution in [0.25, 0.3) is 0 Å². The Balaban J connectivity index is 2.10. The molecule has 1 aromatic rings. The number of hydrogen-bond donors (Lipinski definition) is 1. The molecule has 0 aliphatic heterocycles. The Kier molecular flexibility index (Phi) is 4.98. The number of benzene rings is 1. The van der Waals surface area contributed by atoms with E-state index in [0.717, 1.165) is 12.5 Å². The monoisotopic (exact) mass is 288 g/mol. The Labute approximate surface area is 130 Å². The lowest BCUT2D eigenvalue weighted by Gasteiger charge is -2.42. The minimum atomic E-state index is 0.487. The van der Waals surface area contributed by atoms with Crippen LogP contribution in [0.1, 0.15) is 44.2 Å². The average molecular weight is 288 g/mol. The summed E-state index contributed by atoms with van der Waals surface area (Å²) in [7, 11) is 4.36. The van der Waals surface area contributed by atoms with E-state index in [4.69, 9.17) is 0 Å². The van der Waals surface area contributed by atoms with Gasteiger partial charge in [0.2, 0.25) is 0 Å². The highest BCUT2D eigenvalue weighted by Crippen LogP contribution is 2.39. The zero-order valence-electron chi connectivity index (χ0n) is 14.7. The maximum Gasteiger partial charge on any atom is 0.0369 e. The Morgan fingerprint density at radius 3 is 2.38 bits per heavy atom. The maximum atomic E-state index is 3.54. The highest BCUT2D eigenvalue weighted by atomic mass is 15.1. The molecule has 0 aromatic heterocycles. The highest BCUT2D eigenvalue weighted by Gasteiger charge is 2.34. The molecule has 2 atom stereocenters. The van der Waals surface area contributed by atoms with Crippen LogP contribution in [0, 0.1) is 25.2 Å². The lowest BCUT2D eigenvalue weighted by atomic mass is 9.69. The van der Waals surface area contributed by atoms with E-state index in [1.54, 1.807) is 0 Å². The van der Waals surface area contributed by atoms with Gasteiger partial charge in [0.05, 0.1) is 0 Å². The van der Waals surface area contributed by atoms with Crippen LogP contribution >= 0.6 is 0 Å². The van der Waals surface area contributed by atoms with Crippen molar-refractivity contribution in [3.63, 3.8) is 0 Å². The van der Waals surface area contributed by atoms with E-state index >= 15 is 0 Å².